The van der Waals surface area contributed by atoms with Crippen LogP contribution in [0, 0.1) is 0 Å². The quantitative estimate of drug-likeness (QED) is 0.543. The molecule has 28 heavy (non-hydrogen) atoms. The number of nitrogens with zero attached hydrogens (tertiary/aromatic N) is 1. The zero-order valence-electron chi connectivity index (χ0n) is 15.7. The number of rotatable bonds is 5. The normalized spacial score (nSPS) is 19.3. The summed E-state index contributed by atoms with van der Waals surface area (Å²) in [5.74, 6) is 0.615. The van der Waals surface area contributed by atoms with Gasteiger partial charge in [-0.15, -0.1) is 0 Å². The van der Waals surface area contributed by atoms with Gasteiger partial charge in [-0.1, -0.05) is 43.2 Å². The zero-order chi connectivity index (χ0) is 19.5. The van der Waals surface area contributed by atoms with Crippen LogP contribution in [0.2, 0.25) is 0 Å². The molecule has 6 nitrogen and oxygen atoms in total. The number of anilines is 3. The number of benzene rings is 2. The number of pyridine rings is 1. The Morgan fingerprint density at radius 3 is 2.57 bits per heavy atom. The Hall–Kier alpha value is -3.12. The zero-order valence-corrected chi connectivity index (χ0v) is 15.7. The summed E-state index contributed by atoms with van der Waals surface area (Å²) in [6.07, 6.45) is 4.36. The maximum Gasteiger partial charge on any atom is 0.252 e. The molecular weight excluding hydrogens is 350 g/mol. The molecule has 6 N–H and O–H groups in total. The molecule has 0 aliphatic heterocycles. The molecule has 1 heterocycles. The first-order valence-corrected chi connectivity index (χ1v) is 9.69. The van der Waals surface area contributed by atoms with Crippen LogP contribution in [0.3, 0.4) is 0 Å². The van der Waals surface area contributed by atoms with E-state index in [4.69, 9.17) is 11.5 Å². The molecule has 6 heteroatoms. The molecule has 3 aromatic rings. The second-order valence-electron chi connectivity index (χ2n) is 7.34. The molecule has 0 saturated heterocycles. The number of amides is 1. The number of hydrogen-bond donors (Lipinski definition) is 4. The van der Waals surface area contributed by atoms with Gasteiger partial charge in [0.05, 0.1) is 5.56 Å². The molecule has 1 aliphatic carbocycles. The summed E-state index contributed by atoms with van der Waals surface area (Å²) in [7, 11) is 0. The number of aromatic nitrogens is 1. The van der Waals surface area contributed by atoms with Crippen LogP contribution in [-0.2, 0) is 0 Å². The maximum atomic E-state index is 11.9. The Morgan fingerprint density at radius 2 is 1.79 bits per heavy atom. The van der Waals surface area contributed by atoms with Crippen LogP contribution >= 0.6 is 0 Å². The number of hydrogen-bond acceptors (Lipinski definition) is 5. The van der Waals surface area contributed by atoms with Crippen molar-refractivity contribution in [3.63, 3.8) is 0 Å². The van der Waals surface area contributed by atoms with Gasteiger partial charge < -0.3 is 22.1 Å². The van der Waals surface area contributed by atoms with Crippen molar-refractivity contribution in [2.24, 2.45) is 11.5 Å². The van der Waals surface area contributed by atoms with E-state index in [9.17, 15) is 4.79 Å². The predicted molar refractivity (Wildman–Crippen MR) is 114 cm³/mol. The largest absolute Gasteiger partial charge is 0.366 e. The fourth-order valence-electron chi connectivity index (χ4n) is 3.77. The Morgan fingerprint density at radius 1 is 1.00 bits per heavy atom. The molecule has 0 spiro atoms. The van der Waals surface area contributed by atoms with Crippen LogP contribution in [0.25, 0.3) is 10.8 Å². The Balaban J connectivity index is 1.62. The lowest BCUT2D eigenvalue weighted by atomic mass is 9.91. The third-order valence-electron chi connectivity index (χ3n) is 5.33. The van der Waals surface area contributed by atoms with Crippen LogP contribution < -0.4 is 22.1 Å². The summed E-state index contributed by atoms with van der Waals surface area (Å²) >= 11 is 0. The van der Waals surface area contributed by atoms with Gasteiger partial charge in [-0.25, -0.2) is 4.98 Å². The van der Waals surface area contributed by atoms with Crippen LogP contribution in [0.5, 0.6) is 0 Å². The SMILES string of the molecule is NC(=O)c1ccc(NC2CCCCC2N)nc1Nc1ccc2ccccc2c1. The van der Waals surface area contributed by atoms with Gasteiger partial charge in [0.1, 0.15) is 11.6 Å². The van der Waals surface area contributed by atoms with Gasteiger partial charge in [0, 0.05) is 17.8 Å². The van der Waals surface area contributed by atoms with E-state index in [1.807, 2.05) is 36.4 Å². The second-order valence-corrected chi connectivity index (χ2v) is 7.34. The molecule has 1 saturated carbocycles. The van der Waals surface area contributed by atoms with E-state index >= 15 is 0 Å². The number of primary amides is 1. The van der Waals surface area contributed by atoms with Gasteiger partial charge in [-0.05, 0) is 47.9 Å². The van der Waals surface area contributed by atoms with E-state index in [0.29, 0.717) is 17.2 Å². The van der Waals surface area contributed by atoms with Gasteiger partial charge >= 0.3 is 0 Å². The molecule has 2 unspecified atom stereocenters. The number of carbonyl (C=O) groups excluding carboxylic acids is 1. The summed E-state index contributed by atoms with van der Waals surface area (Å²) < 4.78 is 0. The summed E-state index contributed by atoms with van der Waals surface area (Å²) in [6, 6.07) is 17.9. The smallest absolute Gasteiger partial charge is 0.252 e. The van der Waals surface area contributed by atoms with E-state index in [2.05, 4.69) is 21.7 Å². The summed E-state index contributed by atoms with van der Waals surface area (Å²) in [6.45, 7) is 0. The third kappa shape index (κ3) is 3.92. The van der Waals surface area contributed by atoms with Gasteiger partial charge in [0.15, 0.2) is 0 Å². The highest BCUT2D eigenvalue weighted by Gasteiger charge is 2.22. The molecule has 2 atom stereocenters. The molecule has 1 aliphatic rings. The average Bonchev–Trinajstić information content (AvgIpc) is 2.70. The first kappa shape index (κ1) is 18.3. The highest BCUT2D eigenvalue weighted by atomic mass is 16.1. The van der Waals surface area contributed by atoms with Crippen molar-refractivity contribution in [2.75, 3.05) is 10.6 Å². The van der Waals surface area contributed by atoms with Crippen LogP contribution in [0.4, 0.5) is 17.3 Å². The van der Waals surface area contributed by atoms with Crippen molar-refractivity contribution in [3.8, 4) is 0 Å². The summed E-state index contributed by atoms with van der Waals surface area (Å²) in [5.41, 5.74) is 13.0. The summed E-state index contributed by atoms with van der Waals surface area (Å²) in [4.78, 5) is 16.5. The van der Waals surface area contributed by atoms with Crippen molar-refractivity contribution in [1.82, 2.24) is 4.98 Å². The van der Waals surface area contributed by atoms with Gasteiger partial charge in [0.2, 0.25) is 0 Å². The summed E-state index contributed by atoms with van der Waals surface area (Å²) in [5, 5.41) is 8.93. The highest BCUT2D eigenvalue weighted by Crippen LogP contribution is 2.26. The van der Waals surface area contributed by atoms with Gasteiger partial charge in [-0.3, -0.25) is 4.79 Å². The molecular formula is C22H25N5O. The van der Waals surface area contributed by atoms with Crippen LogP contribution in [0.15, 0.2) is 54.6 Å². The average molecular weight is 375 g/mol. The molecule has 144 valence electrons. The van der Waals surface area contributed by atoms with Crippen molar-refractivity contribution in [3.05, 3.63) is 60.2 Å². The first-order chi connectivity index (χ1) is 13.6. The Labute approximate surface area is 164 Å². The third-order valence-corrected chi connectivity index (χ3v) is 5.33. The minimum absolute atomic E-state index is 0.114. The molecule has 4 rings (SSSR count). The lowest BCUT2D eigenvalue weighted by molar-refractivity contribution is 0.100. The molecule has 1 amide bonds. The topological polar surface area (TPSA) is 106 Å². The van der Waals surface area contributed by atoms with E-state index in [0.717, 1.165) is 35.7 Å². The van der Waals surface area contributed by atoms with E-state index in [1.54, 1.807) is 12.1 Å². The molecule has 2 aromatic carbocycles. The fourth-order valence-corrected chi connectivity index (χ4v) is 3.77. The first-order valence-electron chi connectivity index (χ1n) is 9.69. The van der Waals surface area contributed by atoms with Gasteiger partial charge in [-0.2, -0.15) is 0 Å². The number of carbonyl (C=O) groups is 1. The number of fused-ring (bicyclic) bond motifs is 1. The Bertz CT molecular complexity index is 1000. The second kappa shape index (κ2) is 7.86. The molecule has 0 radical (unpaired) electrons. The van der Waals surface area contributed by atoms with Crippen molar-refractivity contribution in [2.45, 2.75) is 37.8 Å². The van der Waals surface area contributed by atoms with Gasteiger partial charge in [0.25, 0.3) is 5.91 Å². The van der Waals surface area contributed by atoms with Crippen LogP contribution in [0.1, 0.15) is 36.0 Å². The van der Waals surface area contributed by atoms with Crippen molar-refractivity contribution < 1.29 is 4.79 Å². The molecule has 1 aromatic heterocycles. The number of nitrogens with one attached hydrogen (secondary N) is 2. The van der Waals surface area contributed by atoms with Crippen molar-refractivity contribution in [1.29, 1.82) is 0 Å². The van der Waals surface area contributed by atoms with E-state index in [-0.39, 0.29) is 12.1 Å². The standard InChI is InChI=1S/C22H25N5O/c23-18-7-3-4-8-19(18)26-20-12-11-17(21(24)28)22(27-20)25-16-10-9-14-5-1-2-6-15(14)13-16/h1-2,5-6,9-13,18-19H,3-4,7-8,23H2,(H2,24,28)(H2,25,26,27). The molecule has 0 bridgehead atoms. The highest BCUT2D eigenvalue weighted by molar-refractivity contribution is 5.99. The lowest BCUT2D eigenvalue weighted by Crippen LogP contribution is -2.42. The van der Waals surface area contributed by atoms with E-state index in [1.165, 1.54) is 6.42 Å². The monoisotopic (exact) mass is 375 g/mol. The van der Waals surface area contributed by atoms with Crippen molar-refractivity contribution >= 4 is 34.0 Å². The van der Waals surface area contributed by atoms with E-state index < -0.39 is 5.91 Å². The fraction of sp³-hybridized carbons (Fsp3) is 0.273. The lowest BCUT2D eigenvalue weighted by Gasteiger charge is -2.29. The minimum atomic E-state index is -0.517. The number of nitrogens with two attached hydrogens (primary N) is 2. The predicted octanol–water partition coefficient (Wildman–Crippen LogP) is 3.76. The van der Waals surface area contributed by atoms with Crippen LogP contribution in [-0.4, -0.2) is 23.0 Å². The minimum Gasteiger partial charge on any atom is -0.366 e. The maximum absolute atomic E-state index is 11.9. The Kier molecular flexibility index (Phi) is 5.12. The molecule has 1 fully saturated rings.